The molecule has 0 aliphatic rings. The third kappa shape index (κ3) is 2.75. The van der Waals surface area contributed by atoms with Gasteiger partial charge in [-0.15, -0.1) is 5.10 Å². The molecule has 0 fully saturated rings. The van der Waals surface area contributed by atoms with Gasteiger partial charge in [0.05, 0.1) is 6.10 Å². The molecule has 0 radical (unpaired) electrons. The number of nitrogens with zero attached hydrogens (tertiary/aromatic N) is 5. The van der Waals surface area contributed by atoms with E-state index in [0.717, 1.165) is 6.29 Å². The Morgan fingerprint density at radius 3 is 2.72 bits per heavy atom. The fraction of sp³-hybridized carbons (Fsp3) is 0.364. The molecule has 18 heavy (non-hydrogen) atoms. The fourth-order valence-corrected chi connectivity index (χ4v) is 1.45. The number of ether oxygens (including phenoxy) is 1. The van der Waals surface area contributed by atoms with Crippen LogP contribution in [0.3, 0.4) is 0 Å². The number of aldehydes is 1. The Morgan fingerprint density at radius 1 is 1.39 bits per heavy atom. The SMILES string of the molecule is CC(C)OC(C=O)c1ccc(-n2cnnn2)nc1. The second-order valence-corrected chi connectivity index (χ2v) is 3.95. The third-order valence-corrected chi connectivity index (χ3v) is 2.23. The van der Waals surface area contributed by atoms with Gasteiger partial charge in [0.15, 0.2) is 12.1 Å². The summed E-state index contributed by atoms with van der Waals surface area (Å²) >= 11 is 0. The lowest BCUT2D eigenvalue weighted by molar-refractivity contribution is -0.121. The van der Waals surface area contributed by atoms with E-state index in [1.807, 2.05) is 13.8 Å². The highest BCUT2D eigenvalue weighted by Crippen LogP contribution is 2.16. The highest BCUT2D eigenvalue weighted by molar-refractivity contribution is 5.59. The minimum absolute atomic E-state index is 0.0283. The summed E-state index contributed by atoms with van der Waals surface area (Å²) in [4.78, 5) is 15.1. The van der Waals surface area contributed by atoms with Gasteiger partial charge in [-0.2, -0.15) is 4.68 Å². The average Bonchev–Trinajstić information content (AvgIpc) is 2.90. The van der Waals surface area contributed by atoms with Crippen molar-refractivity contribution in [3.8, 4) is 5.82 Å². The van der Waals surface area contributed by atoms with E-state index in [1.165, 1.54) is 11.0 Å². The molecule has 7 nitrogen and oxygen atoms in total. The van der Waals surface area contributed by atoms with Gasteiger partial charge in [0.2, 0.25) is 0 Å². The summed E-state index contributed by atoms with van der Waals surface area (Å²) in [5.41, 5.74) is 0.704. The predicted molar refractivity (Wildman–Crippen MR) is 62.0 cm³/mol. The topological polar surface area (TPSA) is 82.8 Å². The van der Waals surface area contributed by atoms with Crippen molar-refractivity contribution in [1.29, 1.82) is 0 Å². The molecule has 0 saturated heterocycles. The maximum Gasteiger partial charge on any atom is 0.156 e. The van der Waals surface area contributed by atoms with E-state index in [4.69, 9.17) is 4.74 Å². The van der Waals surface area contributed by atoms with E-state index < -0.39 is 6.10 Å². The molecule has 94 valence electrons. The Labute approximate surface area is 104 Å². The molecular formula is C11H13N5O2. The third-order valence-electron chi connectivity index (χ3n) is 2.23. The van der Waals surface area contributed by atoms with Crippen LogP contribution in [0.5, 0.6) is 0 Å². The number of carbonyl (C=O) groups is 1. The van der Waals surface area contributed by atoms with Crippen LogP contribution < -0.4 is 0 Å². The highest BCUT2D eigenvalue weighted by Gasteiger charge is 2.13. The summed E-state index contributed by atoms with van der Waals surface area (Å²) in [5, 5.41) is 10.8. The normalized spacial score (nSPS) is 12.6. The van der Waals surface area contributed by atoms with Crippen molar-refractivity contribution in [2.24, 2.45) is 0 Å². The first kappa shape index (κ1) is 12.3. The first-order valence-electron chi connectivity index (χ1n) is 5.50. The van der Waals surface area contributed by atoms with Crippen LogP contribution in [0.25, 0.3) is 5.82 Å². The standard InChI is InChI=1S/C11H13N5O2/c1-8(2)18-10(6-17)9-3-4-11(12-5-9)16-7-13-14-15-16/h3-8,10H,1-2H3. The minimum Gasteiger partial charge on any atom is -0.363 e. The molecule has 0 bridgehead atoms. The predicted octanol–water partition coefficient (Wildman–Crippen LogP) is 0.722. The van der Waals surface area contributed by atoms with Crippen LogP contribution >= 0.6 is 0 Å². The van der Waals surface area contributed by atoms with Gasteiger partial charge in [0, 0.05) is 11.8 Å². The minimum atomic E-state index is -0.597. The van der Waals surface area contributed by atoms with E-state index in [0.29, 0.717) is 11.4 Å². The Bertz CT molecular complexity index is 495. The molecule has 0 aromatic carbocycles. The molecule has 2 rings (SSSR count). The van der Waals surface area contributed by atoms with Crippen molar-refractivity contribution in [2.45, 2.75) is 26.1 Å². The number of pyridine rings is 1. The van der Waals surface area contributed by atoms with Crippen molar-refractivity contribution in [2.75, 3.05) is 0 Å². The number of hydrogen-bond donors (Lipinski definition) is 0. The maximum absolute atomic E-state index is 11.0. The average molecular weight is 247 g/mol. The van der Waals surface area contributed by atoms with Crippen molar-refractivity contribution in [3.63, 3.8) is 0 Å². The summed E-state index contributed by atoms with van der Waals surface area (Å²) in [7, 11) is 0. The molecule has 0 N–H and O–H groups in total. The molecule has 0 aliphatic heterocycles. The van der Waals surface area contributed by atoms with E-state index in [-0.39, 0.29) is 6.10 Å². The molecule has 0 saturated carbocycles. The lowest BCUT2D eigenvalue weighted by Gasteiger charge is -2.14. The summed E-state index contributed by atoms with van der Waals surface area (Å²) in [6, 6.07) is 3.50. The molecule has 2 aromatic rings. The molecule has 0 spiro atoms. The van der Waals surface area contributed by atoms with Gasteiger partial charge < -0.3 is 9.53 Å². The maximum atomic E-state index is 11.0. The first-order valence-corrected chi connectivity index (χ1v) is 5.50. The second kappa shape index (κ2) is 5.46. The summed E-state index contributed by atoms with van der Waals surface area (Å²) in [6.45, 7) is 3.75. The number of rotatable bonds is 5. The van der Waals surface area contributed by atoms with Gasteiger partial charge in [-0.1, -0.05) is 6.07 Å². The summed E-state index contributed by atoms with van der Waals surface area (Å²) < 4.78 is 6.89. The quantitative estimate of drug-likeness (QED) is 0.724. The van der Waals surface area contributed by atoms with Crippen LogP contribution in [0, 0.1) is 0 Å². The van der Waals surface area contributed by atoms with Crippen molar-refractivity contribution < 1.29 is 9.53 Å². The number of carbonyl (C=O) groups excluding carboxylic acids is 1. The van der Waals surface area contributed by atoms with Gasteiger partial charge in [-0.25, -0.2) is 4.98 Å². The fourth-order valence-electron chi connectivity index (χ4n) is 1.45. The molecular weight excluding hydrogens is 234 g/mol. The van der Waals surface area contributed by atoms with Crippen molar-refractivity contribution >= 4 is 6.29 Å². The lowest BCUT2D eigenvalue weighted by atomic mass is 10.2. The first-order chi connectivity index (χ1) is 8.70. The summed E-state index contributed by atoms with van der Waals surface area (Å²) in [5.74, 6) is 0.581. The van der Waals surface area contributed by atoms with Crippen molar-refractivity contribution in [3.05, 3.63) is 30.2 Å². The van der Waals surface area contributed by atoms with Gasteiger partial charge in [0.25, 0.3) is 0 Å². The highest BCUT2D eigenvalue weighted by atomic mass is 16.5. The Kier molecular flexibility index (Phi) is 3.73. The van der Waals surface area contributed by atoms with Crippen LogP contribution in [-0.2, 0) is 9.53 Å². The van der Waals surface area contributed by atoms with Crippen LogP contribution in [-0.4, -0.2) is 37.6 Å². The lowest BCUT2D eigenvalue weighted by Crippen LogP contribution is -2.12. The molecule has 1 unspecified atom stereocenters. The van der Waals surface area contributed by atoms with E-state index in [9.17, 15) is 4.79 Å². The Morgan fingerprint density at radius 2 is 2.22 bits per heavy atom. The molecule has 0 amide bonds. The van der Waals surface area contributed by atoms with Crippen LogP contribution in [0.1, 0.15) is 25.5 Å². The van der Waals surface area contributed by atoms with E-state index >= 15 is 0 Å². The smallest absolute Gasteiger partial charge is 0.156 e. The molecule has 7 heteroatoms. The molecule has 0 aliphatic carbocycles. The van der Waals surface area contributed by atoms with Gasteiger partial charge in [-0.05, 0) is 30.3 Å². The van der Waals surface area contributed by atoms with E-state index in [1.54, 1.807) is 18.3 Å². The van der Waals surface area contributed by atoms with Crippen molar-refractivity contribution in [1.82, 2.24) is 25.2 Å². The largest absolute Gasteiger partial charge is 0.363 e. The number of aromatic nitrogens is 5. The second-order valence-electron chi connectivity index (χ2n) is 3.95. The van der Waals surface area contributed by atoms with Crippen LogP contribution in [0.4, 0.5) is 0 Å². The van der Waals surface area contributed by atoms with Gasteiger partial charge in [0.1, 0.15) is 12.4 Å². The zero-order valence-electron chi connectivity index (χ0n) is 10.1. The Balaban J connectivity index is 2.18. The molecule has 2 aromatic heterocycles. The molecule has 2 heterocycles. The van der Waals surface area contributed by atoms with E-state index in [2.05, 4.69) is 20.5 Å². The summed E-state index contributed by atoms with van der Waals surface area (Å²) in [6.07, 6.45) is 3.16. The monoisotopic (exact) mass is 247 g/mol. The van der Waals surface area contributed by atoms with Crippen LogP contribution in [0.15, 0.2) is 24.7 Å². The Hall–Kier alpha value is -2.15. The zero-order valence-corrected chi connectivity index (χ0v) is 10.1. The number of hydrogen-bond acceptors (Lipinski definition) is 6. The van der Waals surface area contributed by atoms with Gasteiger partial charge in [-0.3, -0.25) is 0 Å². The number of tetrazole rings is 1. The zero-order chi connectivity index (χ0) is 13.0. The molecule has 1 atom stereocenters. The van der Waals surface area contributed by atoms with Crippen LogP contribution in [0.2, 0.25) is 0 Å². The van der Waals surface area contributed by atoms with Gasteiger partial charge >= 0.3 is 0 Å².